The monoisotopic (exact) mass is 493 g/mol. The summed E-state index contributed by atoms with van der Waals surface area (Å²) >= 11 is 0. The van der Waals surface area contributed by atoms with Crippen LogP contribution in [-0.2, 0) is 0 Å². The number of nitrogens with zero attached hydrogens (tertiary/aromatic N) is 3. The second kappa shape index (κ2) is 10.9. The highest BCUT2D eigenvalue weighted by Crippen LogP contribution is 2.33. The molecule has 0 radical (unpaired) electrons. The van der Waals surface area contributed by atoms with Crippen LogP contribution in [0, 0.1) is 62.3 Å². The summed E-state index contributed by atoms with van der Waals surface area (Å²) < 4.78 is 0. The Morgan fingerprint density at radius 2 is 0.757 bits per heavy atom. The highest BCUT2D eigenvalue weighted by Gasteiger charge is 2.21. The maximum atomic E-state index is 2.35. The van der Waals surface area contributed by atoms with E-state index in [-0.39, 0.29) is 0 Å². The minimum absolute atomic E-state index is 0.871. The van der Waals surface area contributed by atoms with Gasteiger partial charge in [-0.3, -0.25) is 0 Å². The molecule has 0 saturated carbocycles. The largest absolute Gasteiger partial charge is 0.348 e. The van der Waals surface area contributed by atoms with Gasteiger partial charge in [-0.25, -0.2) is 0 Å². The van der Waals surface area contributed by atoms with Gasteiger partial charge in [-0.05, 0) is 102 Å². The average Bonchev–Trinajstić information content (AvgIpc) is 3.45. The zero-order chi connectivity index (χ0) is 26.9. The van der Waals surface area contributed by atoms with E-state index in [1.165, 1.54) is 73.6 Å². The topological polar surface area (TPSA) is 9.72 Å². The predicted octanol–water partition coefficient (Wildman–Crippen LogP) is 8.63. The van der Waals surface area contributed by atoms with Crippen molar-refractivity contribution in [3.05, 3.63) is 111 Å². The van der Waals surface area contributed by atoms with E-state index in [1.807, 2.05) is 0 Å². The third-order valence-corrected chi connectivity index (χ3v) is 7.32. The van der Waals surface area contributed by atoms with Crippen molar-refractivity contribution >= 4 is 17.1 Å². The van der Waals surface area contributed by atoms with E-state index in [9.17, 15) is 0 Å². The van der Waals surface area contributed by atoms with Gasteiger partial charge in [-0.2, -0.15) is 0 Å². The Balaban J connectivity index is 0.000000195. The molecule has 2 aliphatic rings. The van der Waals surface area contributed by atoms with Gasteiger partial charge in [-0.1, -0.05) is 59.2 Å². The molecule has 194 valence electrons. The molecule has 3 aromatic carbocycles. The minimum Gasteiger partial charge on any atom is -0.348 e. The Labute approximate surface area is 224 Å². The molecule has 0 saturated heterocycles. The quantitative estimate of drug-likeness (QED) is 0.361. The van der Waals surface area contributed by atoms with Crippen LogP contribution in [0.1, 0.15) is 56.5 Å². The van der Waals surface area contributed by atoms with Gasteiger partial charge in [0.2, 0.25) is 0 Å². The molecular formula is C34H43N3. The first-order chi connectivity index (χ1) is 17.5. The van der Waals surface area contributed by atoms with E-state index >= 15 is 0 Å². The van der Waals surface area contributed by atoms with Crippen molar-refractivity contribution in [2.75, 3.05) is 27.9 Å². The lowest BCUT2D eigenvalue weighted by molar-refractivity contribution is 0.954. The summed E-state index contributed by atoms with van der Waals surface area (Å²) in [5.74, 6) is 0. The first kappa shape index (κ1) is 26.6. The predicted molar refractivity (Wildman–Crippen MR) is 162 cm³/mol. The lowest BCUT2D eigenvalue weighted by Crippen LogP contribution is -2.26. The minimum atomic E-state index is 0.871. The van der Waals surface area contributed by atoms with Crippen LogP contribution in [0.5, 0.6) is 0 Å². The SMILES string of the molecule is Cc1cc(C)c(N2C=CCC2)c(C)c1.Cc1cc(C)c(N2C=CN(c3c(C)cc(C)cc3C)C2)c(C)c1. The number of anilines is 3. The molecule has 0 bridgehead atoms. The van der Waals surface area contributed by atoms with Crippen LogP contribution in [0.4, 0.5) is 17.1 Å². The maximum absolute atomic E-state index is 2.35. The molecule has 0 amide bonds. The van der Waals surface area contributed by atoms with Gasteiger partial charge in [0.1, 0.15) is 0 Å². The van der Waals surface area contributed by atoms with Crippen LogP contribution in [0.2, 0.25) is 0 Å². The molecule has 0 atom stereocenters. The second-order valence-electron chi connectivity index (χ2n) is 11.0. The summed E-state index contributed by atoms with van der Waals surface area (Å²) in [7, 11) is 0. The van der Waals surface area contributed by atoms with E-state index in [4.69, 9.17) is 0 Å². The maximum Gasteiger partial charge on any atom is 0.0989 e. The number of aryl methyl sites for hydroxylation is 9. The van der Waals surface area contributed by atoms with Crippen LogP contribution >= 0.6 is 0 Å². The fraction of sp³-hybridized carbons (Fsp3) is 0.353. The smallest absolute Gasteiger partial charge is 0.0989 e. The summed E-state index contributed by atoms with van der Waals surface area (Å²) in [6, 6.07) is 13.6. The summed E-state index contributed by atoms with van der Waals surface area (Å²) in [6.45, 7) is 21.7. The molecule has 0 unspecified atom stereocenters. The van der Waals surface area contributed by atoms with E-state index in [0.717, 1.165) is 13.2 Å². The zero-order valence-corrected chi connectivity index (χ0v) is 24.2. The van der Waals surface area contributed by atoms with Crippen LogP contribution in [0.15, 0.2) is 61.1 Å². The van der Waals surface area contributed by atoms with E-state index in [2.05, 4.69) is 138 Å². The van der Waals surface area contributed by atoms with Crippen LogP contribution in [0.25, 0.3) is 0 Å². The fourth-order valence-corrected chi connectivity index (χ4v) is 6.26. The van der Waals surface area contributed by atoms with Crippen molar-refractivity contribution < 1.29 is 0 Å². The van der Waals surface area contributed by atoms with E-state index in [1.54, 1.807) is 0 Å². The fourth-order valence-electron chi connectivity index (χ4n) is 6.26. The number of hydrogen-bond acceptors (Lipinski definition) is 3. The Morgan fingerprint density at radius 1 is 0.432 bits per heavy atom. The Morgan fingerprint density at radius 3 is 1.05 bits per heavy atom. The molecule has 0 fully saturated rings. The van der Waals surface area contributed by atoms with Crippen LogP contribution in [-0.4, -0.2) is 13.2 Å². The van der Waals surface area contributed by atoms with E-state index in [0.29, 0.717) is 0 Å². The Hall–Kier alpha value is -3.46. The third-order valence-electron chi connectivity index (χ3n) is 7.32. The van der Waals surface area contributed by atoms with Gasteiger partial charge in [0.05, 0.1) is 6.67 Å². The first-order valence-corrected chi connectivity index (χ1v) is 13.4. The summed E-state index contributed by atoms with van der Waals surface area (Å²) in [6.07, 6.45) is 10.0. The lowest BCUT2D eigenvalue weighted by Gasteiger charge is -2.27. The molecule has 0 N–H and O–H groups in total. The van der Waals surface area contributed by atoms with Gasteiger partial charge in [0.25, 0.3) is 0 Å². The molecule has 3 nitrogen and oxygen atoms in total. The standard InChI is InChI=1S/C21H26N2.C13H17N/c1-14-9-16(3)20(17(4)10-14)22-7-8-23(13-22)21-18(5)11-15(2)12-19(21)6;1-10-8-11(2)13(12(3)9-10)14-6-4-5-7-14/h7-12H,13H2,1-6H3;4,6,8-9H,5,7H2,1-3H3. The zero-order valence-electron chi connectivity index (χ0n) is 24.2. The molecule has 2 aliphatic heterocycles. The van der Waals surface area contributed by atoms with Crippen LogP contribution < -0.4 is 14.7 Å². The van der Waals surface area contributed by atoms with Crippen molar-refractivity contribution in [2.24, 2.45) is 0 Å². The molecule has 37 heavy (non-hydrogen) atoms. The number of hydrogen-bond donors (Lipinski definition) is 0. The Bertz CT molecular complexity index is 1230. The second-order valence-corrected chi connectivity index (χ2v) is 11.0. The Kier molecular flexibility index (Phi) is 7.82. The van der Waals surface area contributed by atoms with Crippen molar-refractivity contribution in [1.29, 1.82) is 0 Å². The van der Waals surface area contributed by atoms with Gasteiger partial charge in [0, 0.05) is 42.2 Å². The molecule has 0 aliphatic carbocycles. The van der Waals surface area contributed by atoms with Gasteiger partial charge >= 0.3 is 0 Å². The third kappa shape index (κ3) is 5.77. The molecular weight excluding hydrogens is 450 g/mol. The van der Waals surface area contributed by atoms with Crippen molar-refractivity contribution in [1.82, 2.24) is 0 Å². The number of rotatable bonds is 3. The van der Waals surface area contributed by atoms with Gasteiger partial charge < -0.3 is 14.7 Å². The average molecular weight is 494 g/mol. The highest BCUT2D eigenvalue weighted by molar-refractivity contribution is 5.69. The summed E-state index contributed by atoms with van der Waals surface area (Å²) in [5.41, 5.74) is 16.2. The molecule has 0 aromatic heterocycles. The van der Waals surface area contributed by atoms with Gasteiger partial charge in [-0.15, -0.1) is 0 Å². The first-order valence-electron chi connectivity index (χ1n) is 13.4. The molecule has 0 spiro atoms. The van der Waals surface area contributed by atoms with Crippen molar-refractivity contribution in [2.45, 2.75) is 68.7 Å². The molecule has 3 heteroatoms. The highest BCUT2D eigenvalue weighted by atomic mass is 15.3. The molecule has 5 rings (SSSR count). The lowest BCUT2D eigenvalue weighted by atomic mass is 10.0. The summed E-state index contributed by atoms with van der Waals surface area (Å²) in [4.78, 5) is 7.05. The summed E-state index contributed by atoms with van der Waals surface area (Å²) in [5, 5.41) is 0. The van der Waals surface area contributed by atoms with Crippen molar-refractivity contribution in [3.8, 4) is 0 Å². The van der Waals surface area contributed by atoms with Crippen LogP contribution in [0.3, 0.4) is 0 Å². The molecule has 2 heterocycles. The normalized spacial score (nSPS) is 14.5. The van der Waals surface area contributed by atoms with E-state index < -0.39 is 0 Å². The number of benzene rings is 3. The van der Waals surface area contributed by atoms with Crippen molar-refractivity contribution in [3.63, 3.8) is 0 Å². The molecule has 3 aromatic rings. The van der Waals surface area contributed by atoms with Gasteiger partial charge in [0.15, 0.2) is 0 Å².